The van der Waals surface area contributed by atoms with Crippen LogP contribution in [0.3, 0.4) is 0 Å². The highest BCUT2D eigenvalue weighted by Gasteiger charge is 2.52. The molecule has 0 aromatic heterocycles. The molecule has 0 radical (unpaired) electrons. The first-order valence-corrected chi connectivity index (χ1v) is 19.7. The lowest BCUT2D eigenvalue weighted by atomic mass is 9.82. The summed E-state index contributed by atoms with van der Waals surface area (Å²) in [4.78, 5) is 60.5. The van der Waals surface area contributed by atoms with E-state index in [0.29, 0.717) is 0 Å². The first-order chi connectivity index (χ1) is 28.7. The monoisotopic (exact) mass is 806 g/mol. The summed E-state index contributed by atoms with van der Waals surface area (Å²) in [5.41, 5.74) is -5.15. The van der Waals surface area contributed by atoms with Gasteiger partial charge >= 0.3 is 7.82 Å². The zero-order valence-corrected chi connectivity index (χ0v) is 32.6. The number of hydrogen-bond acceptors (Lipinski definition) is 10. The number of phosphoric acid groups is 1. The summed E-state index contributed by atoms with van der Waals surface area (Å²) in [5, 5.41) is 0. The van der Waals surface area contributed by atoms with Crippen molar-refractivity contribution in [3.63, 3.8) is 0 Å². The molecule has 0 bridgehead atoms. The number of benzene rings is 6. The largest absolute Gasteiger partial charge is 0.556 e. The molecular formula is C48H39O10P. The van der Waals surface area contributed by atoms with Gasteiger partial charge in [-0.3, -0.25) is 14.4 Å². The molecule has 0 amide bonds. The molecule has 0 saturated carbocycles. The molecular weight excluding hydrogens is 767 g/mol. The van der Waals surface area contributed by atoms with Crippen molar-refractivity contribution in [2.24, 2.45) is 0 Å². The molecule has 11 heteroatoms. The lowest BCUT2D eigenvalue weighted by molar-refractivity contribution is -0.371. The van der Waals surface area contributed by atoms with Crippen LogP contribution in [0.1, 0.15) is 33.4 Å². The van der Waals surface area contributed by atoms with Crippen LogP contribution >= 0.6 is 7.82 Å². The Balaban J connectivity index is 1.54. The van der Waals surface area contributed by atoms with Crippen molar-refractivity contribution in [3.05, 3.63) is 253 Å². The fourth-order valence-electron chi connectivity index (χ4n) is 6.58. The summed E-state index contributed by atoms with van der Waals surface area (Å²) in [7, 11) is -5.61. The predicted octanol–water partition coefficient (Wildman–Crippen LogP) is 10.0. The van der Waals surface area contributed by atoms with E-state index in [1.54, 1.807) is 182 Å². The Morgan fingerprint density at radius 2 is 0.525 bits per heavy atom. The van der Waals surface area contributed by atoms with E-state index in [9.17, 15) is 14.4 Å². The van der Waals surface area contributed by atoms with Gasteiger partial charge in [0.2, 0.25) is 16.8 Å². The molecule has 0 aliphatic rings. The zero-order valence-electron chi connectivity index (χ0n) is 31.7. The minimum Gasteiger partial charge on any atom is -0.291 e. The van der Waals surface area contributed by atoms with Crippen LogP contribution in [0.4, 0.5) is 0 Å². The Morgan fingerprint density at radius 1 is 0.356 bits per heavy atom. The molecule has 0 unspecified atom stereocenters. The second-order valence-corrected chi connectivity index (χ2v) is 14.2. The van der Waals surface area contributed by atoms with Crippen molar-refractivity contribution >= 4 is 25.2 Å². The summed E-state index contributed by atoms with van der Waals surface area (Å²) in [5.74, 6) is -2.21. The van der Waals surface area contributed by atoms with E-state index in [1.165, 1.54) is 0 Å². The van der Waals surface area contributed by atoms with Gasteiger partial charge in [-0.2, -0.15) is 0 Å². The number of carbonyl (C=O) groups excluding carboxylic acids is 3. The standard InChI is InChI=1S/C48H39O10P/c1-4-43(49)46(37-25-13-7-14-26-37,38-27-15-8-16-28-38)53-56-59(52,57-54-47(44(50)5-2,39-29-17-9-18-30-39)40-31-19-10-20-32-40)58-55-48(45(51)6-3,41-33-21-11-22-34-41)42-35-23-12-24-36-42/h4-36H,1-3H2. The average molecular weight is 807 g/mol. The summed E-state index contributed by atoms with van der Waals surface area (Å²) < 4.78 is 32.5. The van der Waals surface area contributed by atoms with E-state index in [-0.39, 0.29) is 33.4 Å². The number of ketones is 3. The lowest BCUT2D eigenvalue weighted by Gasteiger charge is -2.35. The molecule has 0 N–H and O–H groups in total. The van der Waals surface area contributed by atoms with Crippen molar-refractivity contribution in [1.29, 1.82) is 0 Å². The molecule has 0 aliphatic carbocycles. The van der Waals surface area contributed by atoms with E-state index in [2.05, 4.69) is 19.7 Å². The third kappa shape index (κ3) is 8.42. The van der Waals surface area contributed by atoms with Crippen molar-refractivity contribution in [3.8, 4) is 0 Å². The summed E-state index contributed by atoms with van der Waals surface area (Å²) in [6.45, 7) is 11.1. The summed E-state index contributed by atoms with van der Waals surface area (Å²) in [6.07, 6.45) is 3.04. The maximum atomic E-state index is 15.4. The summed E-state index contributed by atoms with van der Waals surface area (Å²) in [6, 6.07) is 49.4. The van der Waals surface area contributed by atoms with E-state index >= 15 is 4.57 Å². The molecule has 6 aromatic rings. The van der Waals surface area contributed by atoms with E-state index < -0.39 is 42.0 Å². The highest BCUT2D eigenvalue weighted by Crippen LogP contribution is 2.56. The van der Waals surface area contributed by atoms with Crippen LogP contribution in [0.25, 0.3) is 0 Å². The maximum absolute atomic E-state index is 15.4. The van der Waals surface area contributed by atoms with Crippen LogP contribution in [-0.4, -0.2) is 17.3 Å². The molecule has 59 heavy (non-hydrogen) atoms. The molecule has 296 valence electrons. The maximum Gasteiger partial charge on any atom is 0.556 e. The van der Waals surface area contributed by atoms with Crippen molar-refractivity contribution in [2.75, 3.05) is 0 Å². The Bertz CT molecular complexity index is 2030. The van der Waals surface area contributed by atoms with Crippen LogP contribution in [0, 0.1) is 0 Å². The van der Waals surface area contributed by atoms with Gasteiger partial charge in [0.25, 0.3) is 0 Å². The number of rotatable bonds is 21. The molecule has 6 rings (SSSR count). The lowest BCUT2D eigenvalue weighted by Crippen LogP contribution is -2.41. The van der Waals surface area contributed by atoms with Gasteiger partial charge in [-0.15, -0.1) is 14.0 Å². The molecule has 0 fully saturated rings. The SMILES string of the molecule is C=CC(=O)C(OOP(=O)(OOC(C(=O)C=C)(c1ccccc1)c1ccccc1)OOC(C(=O)C=C)(c1ccccc1)c1ccccc1)(c1ccccc1)c1ccccc1. The van der Waals surface area contributed by atoms with Gasteiger partial charge in [0.05, 0.1) is 0 Å². The van der Waals surface area contributed by atoms with E-state index in [4.69, 9.17) is 28.7 Å². The molecule has 10 nitrogen and oxygen atoms in total. The minimum atomic E-state index is -5.61. The van der Waals surface area contributed by atoms with E-state index in [0.717, 1.165) is 18.2 Å². The predicted molar refractivity (Wildman–Crippen MR) is 221 cm³/mol. The molecule has 0 heterocycles. The third-order valence-corrected chi connectivity index (χ3v) is 10.2. The zero-order chi connectivity index (χ0) is 41.8. The Kier molecular flexibility index (Phi) is 13.5. The molecule has 0 atom stereocenters. The van der Waals surface area contributed by atoms with Gasteiger partial charge < -0.3 is 0 Å². The fraction of sp³-hybridized carbons (Fsp3) is 0.0625. The first kappa shape index (κ1) is 42.2. The second-order valence-electron chi connectivity index (χ2n) is 12.9. The highest BCUT2D eigenvalue weighted by atomic mass is 31.2. The quantitative estimate of drug-likeness (QED) is 0.0301. The van der Waals surface area contributed by atoms with Crippen LogP contribution in [0.2, 0.25) is 0 Å². The topological polar surface area (TPSA) is 124 Å². The minimum absolute atomic E-state index is 0.235. The first-order valence-electron chi connectivity index (χ1n) is 18.3. The highest BCUT2D eigenvalue weighted by molar-refractivity contribution is 7.48. The number of hydrogen-bond donors (Lipinski definition) is 0. The number of carbonyl (C=O) groups is 3. The molecule has 6 aromatic carbocycles. The molecule has 0 spiro atoms. The van der Waals surface area contributed by atoms with Gasteiger partial charge in [0, 0.05) is 0 Å². The normalized spacial score (nSPS) is 11.9. The van der Waals surface area contributed by atoms with Crippen LogP contribution < -0.4 is 0 Å². The average Bonchev–Trinajstić information content (AvgIpc) is 3.31. The van der Waals surface area contributed by atoms with Crippen LogP contribution in [-0.2, 0) is 64.4 Å². The van der Waals surface area contributed by atoms with Crippen LogP contribution in [0.5, 0.6) is 0 Å². The van der Waals surface area contributed by atoms with Crippen molar-refractivity contribution < 1.29 is 47.6 Å². The molecule has 0 saturated heterocycles. The third-order valence-electron chi connectivity index (χ3n) is 9.44. The summed E-state index contributed by atoms with van der Waals surface area (Å²) >= 11 is 0. The Hall–Kier alpha value is -6.46. The second kappa shape index (κ2) is 18.9. The fourth-order valence-corrected chi connectivity index (χ4v) is 7.26. The molecule has 0 aliphatic heterocycles. The van der Waals surface area contributed by atoms with Gasteiger partial charge in [0.1, 0.15) is 0 Å². The van der Waals surface area contributed by atoms with Crippen molar-refractivity contribution in [2.45, 2.75) is 16.8 Å². The van der Waals surface area contributed by atoms with Crippen molar-refractivity contribution in [1.82, 2.24) is 0 Å². The van der Waals surface area contributed by atoms with Crippen LogP contribution in [0.15, 0.2) is 220 Å². The van der Waals surface area contributed by atoms with Gasteiger partial charge in [-0.25, -0.2) is 19.2 Å². The Morgan fingerprint density at radius 3 is 0.678 bits per heavy atom. The van der Waals surface area contributed by atoms with Gasteiger partial charge in [-0.05, 0) is 51.6 Å². The smallest absolute Gasteiger partial charge is 0.291 e. The van der Waals surface area contributed by atoms with Gasteiger partial charge in [0.15, 0.2) is 17.3 Å². The Labute approximate surface area is 342 Å². The van der Waals surface area contributed by atoms with Gasteiger partial charge in [-0.1, -0.05) is 202 Å². The van der Waals surface area contributed by atoms with E-state index in [1.807, 2.05) is 0 Å².